The highest BCUT2D eigenvalue weighted by molar-refractivity contribution is 7.88. The zero-order valence-electron chi connectivity index (χ0n) is 15.5. The number of nitrogens with zero attached hydrogens (tertiary/aromatic N) is 1. The summed E-state index contributed by atoms with van der Waals surface area (Å²) in [5.41, 5.74) is 0.852. The minimum atomic E-state index is -3.64. The van der Waals surface area contributed by atoms with Gasteiger partial charge in [-0.1, -0.05) is 64.1 Å². The molecule has 1 aliphatic rings. The van der Waals surface area contributed by atoms with E-state index >= 15 is 0 Å². The van der Waals surface area contributed by atoms with Gasteiger partial charge in [0.2, 0.25) is 15.9 Å². The summed E-state index contributed by atoms with van der Waals surface area (Å²) >= 11 is 29.9. The zero-order chi connectivity index (χ0) is 22.1. The number of hydrogen-bond acceptors (Lipinski definition) is 3. The molecule has 11 heteroatoms. The molecule has 5 nitrogen and oxygen atoms in total. The lowest BCUT2D eigenvalue weighted by Crippen LogP contribution is -2.44. The molecule has 2 aromatic carbocycles. The Labute approximate surface area is 200 Å². The minimum absolute atomic E-state index is 0.0778. The highest BCUT2D eigenvalue weighted by atomic mass is 35.5. The van der Waals surface area contributed by atoms with Gasteiger partial charge in [-0.25, -0.2) is 12.7 Å². The van der Waals surface area contributed by atoms with Crippen LogP contribution in [0.15, 0.2) is 30.3 Å². The molecule has 1 N–H and O–H groups in total. The highest BCUT2D eigenvalue weighted by Crippen LogP contribution is 2.33. The molecule has 0 spiro atoms. The first-order valence-electron chi connectivity index (χ1n) is 8.94. The molecule has 162 valence electrons. The average Bonchev–Trinajstić information content (AvgIpc) is 2.69. The molecular formula is C19H17Cl5N2O3S. The lowest BCUT2D eigenvalue weighted by molar-refractivity contribution is -0.120. The Morgan fingerprint density at radius 2 is 1.63 bits per heavy atom. The lowest BCUT2D eigenvalue weighted by atomic mass is 9.98. The molecule has 0 unspecified atom stereocenters. The van der Waals surface area contributed by atoms with Crippen LogP contribution in [-0.4, -0.2) is 31.7 Å². The molecule has 1 atom stereocenters. The number of nitrogens with one attached hydrogen (secondary N) is 1. The van der Waals surface area contributed by atoms with Crippen molar-refractivity contribution in [2.24, 2.45) is 5.92 Å². The summed E-state index contributed by atoms with van der Waals surface area (Å²) in [6.45, 7) is 0.426. The summed E-state index contributed by atoms with van der Waals surface area (Å²) < 4.78 is 27.1. The van der Waals surface area contributed by atoms with E-state index in [0.29, 0.717) is 40.7 Å². The number of sulfonamides is 1. The molecule has 3 rings (SSSR count). The van der Waals surface area contributed by atoms with Gasteiger partial charge < -0.3 is 5.32 Å². The van der Waals surface area contributed by atoms with Crippen LogP contribution in [0.25, 0.3) is 0 Å². The molecule has 0 saturated carbocycles. The van der Waals surface area contributed by atoms with E-state index in [0.717, 1.165) is 0 Å². The number of carbonyl (C=O) groups excluding carboxylic acids is 1. The number of piperidine rings is 1. The van der Waals surface area contributed by atoms with Gasteiger partial charge in [-0.3, -0.25) is 4.79 Å². The van der Waals surface area contributed by atoms with Crippen molar-refractivity contribution in [2.75, 3.05) is 18.4 Å². The smallest absolute Gasteiger partial charge is 0.228 e. The van der Waals surface area contributed by atoms with Gasteiger partial charge in [0.25, 0.3) is 0 Å². The summed E-state index contributed by atoms with van der Waals surface area (Å²) in [4.78, 5) is 12.7. The van der Waals surface area contributed by atoms with Gasteiger partial charge >= 0.3 is 0 Å². The molecule has 1 saturated heterocycles. The summed E-state index contributed by atoms with van der Waals surface area (Å²) in [6, 6.07) is 7.61. The van der Waals surface area contributed by atoms with Gasteiger partial charge in [0.1, 0.15) is 0 Å². The van der Waals surface area contributed by atoms with E-state index in [1.165, 1.54) is 22.5 Å². The second kappa shape index (κ2) is 9.82. The van der Waals surface area contributed by atoms with E-state index in [1.807, 2.05) is 0 Å². The van der Waals surface area contributed by atoms with Crippen molar-refractivity contribution in [3.05, 3.63) is 61.0 Å². The second-order valence-electron chi connectivity index (χ2n) is 6.94. The minimum Gasteiger partial charge on any atom is -0.324 e. The summed E-state index contributed by atoms with van der Waals surface area (Å²) in [7, 11) is -3.64. The molecule has 1 aliphatic heterocycles. The first-order chi connectivity index (χ1) is 14.1. The van der Waals surface area contributed by atoms with Gasteiger partial charge in [-0.05, 0) is 42.7 Å². The van der Waals surface area contributed by atoms with Crippen LogP contribution in [-0.2, 0) is 20.6 Å². The average molecular weight is 531 g/mol. The second-order valence-corrected chi connectivity index (χ2v) is 10.9. The molecule has 0 aromatic heterocycles. The number of benzene rings is 2. The van der Waals surface area contributed by atoms with Crippen molar-refractivity contribution in [1.82, 2.24) is 4.31 Å². The normalized spacial score (nSPS) is 17.7. The SMILES string of the molecule is O=C(Nc1cc(Cl)c(Cl)cc1Cl)[C@@H]1CCCN(S(=O)(=O)Cc2ccc(Cl)c(Cl)c2)C1. The van der Waals surface area contributed by atoms with Gasteiger partial charge in [0.05, 0.1) is 42.5 Å². The predicted octanol–water partition coefficient (Wildman–Crippen LogP) is 6.13. The number of hydrogen-bond donors (Lipinski definition) is 1. The standard InChI is InChI=1S/C19H17Cl5N2O3S/c20-13-4-3-11(6-14(13)21)10-30(28,29)26-5-1-2-12(9-26)19(27)25-18-8-16(23)15(22)7-17(18)24/h3-4,6-8,12H,1-2,5,9-10H2,(H,25,27)/t12-/m1/s1. The van der Waals surface area contributed by atoms with E-state index in [9.17, 15) is 13.2 Å². The Morgan fingerprint density at radius 3 is 2.33 bits per heavy atom. The zero-order valence-corrected chi connectivity index (χ0v) is 20.1. The highest BCUT2D eigenvalue weighted by Gasteiger charge is 2.32. The van der Waals surface area contributed by atoms with Gasteiger partial charge in [0.15, 0.2) is 0 Å². The van der Waals surface area contributed by atoms with Crippen LogP contribution in [0.2, 0.25) is 25.1 Å². The van der Waals surface area contributed by atoms with E-state index in [1.54, 1.807) is 12.1 Å². The number of halogens is 5. The number of anilines is 1. The number of rotatable bonds is 5. The van der Waals surface area contributed by atoms with Crippen molar-refractivity contribution < 1.29 is 13.2 Å². The van der Waals surface area contributed by atoms with Gasteiger partial charge in [-0.2, -0.15) is 0 Å². The fourth-order valence-corrected chi connectivity index (χ4v) is 5.71. The molecule has 1 amide bonds. The Kier molecular flexibility index (Phi) is 7.83. The lowest BCUT2D eigenvalue weighted by Gasteiger charge is -2.31. The topological polar surface area (TPSA) is 66.5 Å². The molecule has 0 radical (unpaired) electrons. The van der Waals surface area contributed by atoms with Crippen LogP contribution in [0.3, 0.4) is 0 Å². The van der Waals surface area contributed by atoms with Crippen molar-refractivity contribution >= 4 is 79.6 Å². The van der Waals surface area contributed by atoms with Gasteiger partial charge in [0, 0.05) is 13.1 Å². The number of amides is 1. The fraction of sp³-hybridized carbons (Fsp3) is 0.316. The van der Waals surface area contributed by atoms with Crippen LogP contribution < -0.4 is 5.32 Å². The molecular weight excluding hydrogens is 514 g/mol. The van der Waals surface area contributed by atoms with Crippen molar-refractivity contribution in [3.8, 4) is 0 Å². The van der Waals surface area contributed by atoms with Crippen LogP contribution in [0.4, 0.5) is 5.69 Å². The first-order valence-corrected chi connectivity index (χ1v) is 12.4. The van der Waals surface area contributed by atoms with E-state index < -0.39 is 15.9 Å². The molecule has 2 aromatic rings. The maximum Gasteiger partial charge on any atom is 0.228 e. The largest absolute Gasteiger partial charge is 0.324 e. The molecule has 1 fully saturated rings. The van der Waals surface area contributed by atoms with Crippen molar-refractivity contribution in [3.63, 3.8) is 0 Å². The predicted molar refractivity (Wildman–Crippen MR) is 123 cm³/mol. The van der Waals surface area contributed by atoms with E-state index in [-0.39, 0.29) is 33.3 Å². The van der Waals surface area contributed by atoms with E-state index in [2.05, 4.69) is 5.32 Å². The molecule has 30 heavy (non-hydrogen) atoms. The Morgan fingerprint density at radius 1 is 0.967 bits per heavy atom. The monoisotopic (exact) mass is 528 g/mol. The quantitative estimate of drug-likeness (QED) is 0.473. The fourth-order valence-electron chi connectivity index (χ4n) is 3.19. The molecule has 0 bridgehead atoms. The van der Waals surface area contributed by atoms with Crippen LogP contribution in [0, 0.1) is 5.92 Å². The summed E-state index contributed by atoms with van der Waals surface area (Å²) in [5.74, 6) is -1.07. The third kappa shape index (κ3) is 5.74. The maximum absolute atomic E-state index is 12.9. The van der Waals surface area contributed by atoms with Crippen molar-refractivity contribution in [2.45, 2.75) is 18.6 Å². The first kappa shape index (κ1) is 23.9. The molecule has 1 heterocycles. The van der Waals surface area contributed by atoms with Crippen LogP contribution in [0.1, 0.15) is 18.4 Å². The Hall–Kier alpha value is -0.730. The summed E-state index contributed by atoms with van der Waals surface area (Å²) in [5, 5.41) is 4.14. The Bertz CT molecular complexity index is 1080. The van der Waals surface area contributed by atoms with Crippen molar-refractivity contribution in [1.29, 1.82) is 0 Å². The maximum atomic E-state index is 12.9. The van der Waals surface area contributed by atoms with E-state index in [4.69, 9.17) is 58.0 Å². The van der Waals surface area contributed by atoms with Gasteiger partial charge in [-0.15, -0.1) is 0 Å². The molecule has 0 aliphatic carbocycles. The van der Waals surface area contributed by atoms with Crippen LogP contribution >= 0.6 is 58.0 Å². The Balaban J connectivity index is 1.70. The number of carbonyl (C=O) groups is 1. The van der Waals surface area contributed by atoms with Crippen LogP contribution in [0.5, 0.6) is 0 Å². The summed E-state index contributed by atoms with van der Waals surface area (Å²) in [6.07, 6.45) is 1.12. The third-order valence-corrected chi connectivity index (χ3v) is 8.34. The third-order valence-electron chi connectivity index (χ3n) is 4.75.